The van der Waals surface area contributed by atoms with Crippen LogP contribution >= 0.6 is 11.6 Å². The average molecular weight is 252 g/mol. The third-order valence-electron chi connectivity index (χ3n) is 2.42. The third kappa shape index (κ3) is 2.84. The zero-order valence-electron chi connectivity index (χ0n) is 9.83. The molecule has 0 aliphatic carbocycles. The van der Waals surface area contributed by atoms with Crippen molar-refractivity contribution in [3.8, 4) is 11.5 Å². The molecule has 0 saturated carbocycles. The Labute approximate surface area is 105 Å². The lowest BCUT2D eigenvalue weighted by Crippen LogP contribution is -2.11. The summed E-state index contributed by atoms with van der Waals surface area (Å²) < 4.78 is 5.56. The van der Waals surface area contributed by atoms with Crippen LogP contribution in [-0.2, 0) is 6.54 Å². The van der Waals surface area contributed by atoms with Gasteiger partial charge in [-0.3, -0.25) is 0 Å². The average Bonchev–Trinajstić information content (AvgIpc) is 2.78. The molecule has 17 heavy (non-hydrogen) atoms. The first-order chi connectivity index (χ1) is 8.20. The predicted molar refractivity (Wildman–Crippen MR) is 66.9 cm³/mol. The first-order valence-corrected chi connectivity index (χ1v) is 5.88. The zero-order valence-corrected chi connectivity index (χ0v) is 10.6. The molecule has 0 bridgehead atoms. The summed E-state index contributed by atoms with van der Waals surface area (Å²) in [4.78, 5) is 0. The molecule has 0 aliphatic heterocycles. The van der Waals surface area contributed by atoms with E-state index in [4.69, 9.17) is 16.0 Å². The van der Waals surface area contributed by atoms with Crippen molar-refractivity contribution < 1.29 is 4.42 Å². The molecule has 0 spiro atoms. The van der Waals surface area contributed by atoms with E-state index >= 15 is 0 Å². The second kappa shape index (κ2) is 5.29. The summed E-state index contributed by atoms with van der Waals surface area (Å²) in [5.41, 5.74) is 1.95. The Bertz CT molecular complexity index is 510. The van der Waals surface area contributed by atoms with E-state index < -0.39 is 0 Å². The summed E-state index contributed by atoms with van der Waals surface area (Å²) >= 11 is 5.95. The molecule has 2 rings (SSSR count). The van der Waals surface area contributed by atoms with Gasteiger partial charge >= 0.3 is 0 Å². The highest BCUT2D eigenvalue weighted by Crippen LogP contribution is 2.25. The highest BCUT2D eigenvalue weighted by Gasteiger charge is 2.10. The minimum Gasteiger partial charge on any atom is -0.419 e. The van der Waals surface area contributed by atoms with E-state index in [0.29, 0.717) is 23.3 Å². The number of aromatic nitrogens is 2. The van der Waals surface area contributed by atoms with Gasteiger partial charge in [-0.15, -0.1) is 10.2 Å². The first-order valence-electron chi connectivity index (χ1n) is 5.50. The van der Waals surface area contributed by atoms with E-state index in [1.165, 1.54) is 0 Å². The molecule has 1 aromatic heterocycles. The summed E-state index contributed by atoms with van der Waals surface area (Å²) in [7, 11) is 0. The largest absolute Gasteiger partial charge is 0.419 e. The van der Waals surface area contributed by atoms with Crippen LogP contribution in [-0.4, -0.2) is 16.7 Å². The van der Waals surface area contributed by atoms with Crippen molar-refractivity contribution >= 4 is 11.6 Å². The SMILES string of the molecule is CCNCc1nnc(-c2cc(Cl)ccc2C)o1. The second-order valence-corrected chi connectivity index (χ2v) is 4.18. The van der Waals surface area contributed by atoms with Gasteiger partial charge in [0, 0.05) is 10.6 Å². The lowest BCUT2D eigenvalue weighted by molar-refractivity contribution is 0.482. The second-order valence-electron chi connectivity index (χ2n) is 3.74. The fraction of sp³-hybridized carbons (Fsp3) is 0.333. The number of hydrogen-bond donors (Lipinski definition) is 1. The Hall–Kier alpha value is -1.39. The van der Waals surface area contributed by atoms with Crippen LogP contribution < -0.4 is 5.32 Å². The predicted octanol–water partition coefficient (Wildman–Crippen LogP) is 2.81. The molecule has 1 aromatic carbocycles. The molecule has 4 nitrogen and oxygen atoms in total. The van der Waals surface area contributed by atoms with Crippen LogP contribution in [0.25, 0.3) is 11.5 Å². The fourth-order valence-electron chi connectivity index (χ4n) is 1.49. The Kier molecular flexibility index (Phi) is 3.76. The highest BCUT2D eigenvalue weighted by molar-refractivity contribution is 6.30. The summed E-state index contributed by atoms with van der Waals surface area (Å²) in [6, 6.07) is 5.61. The Morgan fingerprint density at radius 1 is 1.35 bits per heavy atom. The molecule has 0 amide bonds. The van der Waals surface area contributed by atoms with Gasteiger partial charge in [0.2, 0.25) is 11.8 Å². The number of rotatable bonds is 4. The maximum absolute atomic E-state index is 5.95. The number of hydrogen-bond acceptors (Lipinski definition) is 4. The summed E-state index contributed by atoms with van der Waals surface area (Å²) in [6.45, 7) is 5.47. The number of halogens is 1. The van der Waals surface area contributed by atoms with Crippen molar-refractivity contribution in [2.45, 2.75) is 20.4 Å². The van der Waals surface area contributed by atoms with Gasteiger partial charge in [-0.2, -0.15) is 0 Å². The molecular formula is C12H14ClN3O. The van der Waals surface area contributed by atoms with Crippen LogP contribution in [0, 0.1) is 6.92 Å². The maximum atomic E-state index is 5.95. The smallest absolute Gasteiger partial charge is 0.248 e. The van der Waals surface area contributed by atoms with Crippen LogP contribution in [0.15, 0.2) is 22.6 Å². The topological polar surface area (TPSA) is 51.0 Å². The van der Waals surface area contributed by atoms with Gasteiger partial charge in [-0.05, 0) is 31.2 Å². The highest BCUT2D eigenvalue weighted by atomic mass is 35.5. The van der Waals surface area contributed by atoms with Crippen molar-refractivity contribution in [1.82, 2.24) is 15.5 Å². The van der Waals surface area contributed by atoms with Crippen LogP contribution in [0.2, 0.25) is 5.02 Å². The van der Waals surface area contributed by atoms with E-state index in [0.717, 1.165) is 17.7 Å². The molecule has 1 heterocycles. The molecular weight excluding hydrogens is 238 g/mol. The van der Waals surface area contributed by atoms with E-state index in [9.17, 15) is 0 Å². The number of benzene rings is 1. The van der Waals surface area contributed by atoms with E-state index in [1.54, 1.807) is 0 Å². The molecule has 0 radical (unpaired) electrons. The molecule has 0 atom stereocenters. The van der Waals surface area contributed by atoms with Crippen molar-refractivity contribution in [3.05, 3.63) is 34.7 Å². The van der Waals surface area contributed by atoms with Crippen LogP contribution in [0.3, 0.4) is 0 Å². The van der Waals surface area contributed by atoms with Crippen molar-refractivity contribution in [1.29, 1.82) is 0 Å². The first kappa shape index (κ1) is 12.1. The minimum atomic E-state index is 0.512. The van der Waals surface area contributed by atoms with Gasteiger partial charge in [0.1, 0.15) is 0 Å². The molecule has 0 aliphatic rings. The van der Waals surface area contributed by atoms with Crippen molar-refractivity contribution in [3.63, 3.8) is 0 Å². The molecule has 0 unspecified atom stereocenters. The van der Waals surface area contributed by atoms with Gasteiger partial charge < -0.3 is 9.73 Å². The molecule has 0 fully saturated rings. The Balaban J connectivity index is 2.27. The van der Waals surface area contributed by atoms with Crippen LogP contribution in [0.4, 0.5) is 0 Å². The zero-order chi connectivity index (χ0) is 12.3. The molecule has 2 aromatic rings. The molecule has 0 saturated heterocycles. The fourth-order valence-corrected chi connectivity index (χ4v) is 1.66. The van der Waals surface area contributed by atoms with E-state index in [2.05, 4.69) is 15.5 Å². The lowest BCUT2D eigenvalue weighted by atomic mass is 10.1. The monoisotopic (exact) mass is 251 g/mol. The van der Waals surface area contributed by atoms with Gasteiger partial charge in [-0.1, -0.05) is 24.6 Å². The van der Waals surface area contributed by atoms with Crippen LogP contribution in [0.5, 0.6) is 0 Å². The standard InChI is InChI=1S/C12H14ClN3O/c1-3-14-7-11-15-16-12(17-11)10-6-9(13)5-4-8(10)2/h4-6,14H,3,7H2,1-2H3. The van der Waals surface area contributed by atoms with Gasteiger partial charge in [0.05, 0.1) is 6.54 Å². The molecule has 90 valence electrons. The summed E-state index contributed by atoms with van der Waals surface area (Å²) in [5.74, 6) is 1.10. The summed E-state index contributed by atoms with van der Waals surface area (Å²) in [6.07, 6.45) is 0. The van der Waals surface area contributed by atoms with Crippen molar-refractivity contribution in [2.75, 3.05) is 6.54 Å². The summed E-state index contributed by atoms with van der Waals surface area (Å²) in [5, 5.41) is 11.8. The normalized spacial score (nSPS) is 10.8. The van der Waals surface area contributed by atoms with E-state index in [1.807, 2.05) is 32.0 Å². The Morgan fingerprint density at radius 3 is 2.94 bits per heavy atom. The quantitative estimate of drug-likeness (QED) is 0.908. The van der Waals surface area contributed by atoms with E-state index in [-0.39, 0.29) is 0 Å². The van der Waals surface area contributed by atoms with Gasteiger partial charge in [-0.25, -0.2) is 0 Å². The maximum Gasteiger partial charge on any atom is 0.248 e. The molecule has 1 N–H and O–H groups in total. The third-order valence-corrected chi connectivity index (χ3v) is 2.66. The number of nitrogens with one attached hydrogen (secondary N) is 1. The van der Waals surface area contributed by atoms with Gasteiger partial charge in [0.15, 0.2) is 0 Å². The molecule has 5 heteroatoms. The Morgan fingerprint density at radius 2 is 2.18 bits per heavy atom. The lowest BCUT2D eigenvalue weighted by Gasteiger charge is -2.00. The van der Waals surface area contributed by atoms with Crippen LogP contribution in [0.1, 0.15) is 18.4 Å². The number of nitrogens with zero attached hydrogens (tertiary/aromatic N) is 2. The number of aryl methyl sites for hydroxylation is 1. The van der Waals surface area contributed by atoms with Crippen molar-refractivity contribution in [2.24, 2.45) is 0 Å². The minimum absolute atomic E-state index is 0.512. The van der Waals surface area contributed by atoms with Gasteiger partial charge in [0.25, 0.3) is 0 Å².